The average molecular weight is 190 g/mol. The second-order valence-electron chi connectivity index (χ2n) is 2.58. The van der Waals surface area contributed by atoms with E-state index in [1.165, 1.54) is 0 Å². The first-order valence-electron chi connectivity index (χ1n) is 3.86. The number of carbonyl (C=O) groups is 1. The Balaban J connectivity index is 2.39. The van der Waals surface area contributed by atoms with E-state index in [-0.39, 0.29) is 11.6 Å². The molecule has 2 rings (SSSR count). The van der Waals surface area contributed by atoms with Gasteiger partial charge < -0.3 is 9.52 Å². The van der Waals surface area contributed by atoms with Gasteiger partial charge in [-0.05, 0) is 12.1 Å². The van der Waals surface area contributed by atoms with Crippen LogP contribution in [0.25, 0.3) is 11.5 Å². The minimum Gasteiger partial charge on any atom is -0.476 e. The highest BCUT2D eigenvalue weighted by Crippen LogP contribution is 2.16. The molecule has 0 bridgehead atoms. The molecular formula is C9H6N2O3. The fraction of sp³-hybridized carbons (Fsp3) is 0. The van der Waals surface area contributed by atoms with Gasteiger partial charge in [-0.3, -0.25) is 4.98 Å². The summed E-state index contributed by atoms with van der Waals surface area (Å²) in [5.41, 5.74) is 0.601. The van der Waals surface area contributed by atoms with Crippen LogP contribution in [0, 0.1) is 0 Å². The lowest BCUT2D eigenvalue weighted by Crippen LogP contribution is -1.95. The number of pyridine rings is 1. The van der Waals surface area contributed by atoms with Crippen molar-refractivity contribution in [1.82, 2.24) is 9.97 Å². The van der Waals surface area contributed by atoms with Crippen molar-refractivity contribution in [3.05, 3.63) is 36.5 Å². The van der Waals surface area contributed by atoms with Crippen molar-refractivity contribution in [3.8, 4) is 11.5 Å². The average Bonchev–Trinajstić information content (AvgIpc) is 2.68. The minimum atomic E-state index is -1.10. The van der Waals surface area contributed by atoms with Crippen molar-refractivity contribution in [3.63, 3.8) is 0 Å². The van der Waals surface area contributed by atoms with Crippen molar-refractivity contribution in [2.45, 2.75) is 0 Å². The van der Waals surface area contributed by atoms with Crippen LogP contribution < -0.4 is 0 Å². The summed E-state index contributed by atoms with van der Waals surface area (Å²) >= 11 is 0. The molecule has 0 aliphatic heterocycles. The third kappa shape index (κ3) is 1.47. The second kappa shape index (κ2) is 3.29. The number of hydrogen-bond acceptors (Lipinski definition) is 4. The Hall–Kier alpha value is -2.17. The summed E-state index contributed by atoms with van der Waals surface area (Å²) in [6, 6.07) is 3.38. The normalized spacial score (nSPS) is 10.0. The molecular weight excluding hydrogens is 184 g/mol. The Morgan fingerprint density at radius 2 is 2.07 bits per heavy atom. The van der Waals surface area contributed by atoms with Crippen LogP contribution in [0.3, 0.4) is 0 Å². The maximum absolute atomic E-state index is 10.5. The molecule has 0 fully saturated rings. The predicted octanol–water partition coefficient (Wildman–Crippen LogP) is 1.43. The van der Waals surface area contributed by atoms with Crippen molar-refractivity contribution in [2.24, 2.45) is 0 Å². The summed E-state index contributed by atoms with van der Waals surface area (Å²) in [6.07, 6.45) is 4.28. The molecule has 2 aromatic heterocycles. The zero-order valence-electron chi connectivity index (χ0n) is 7.04. The zero-order valence-corrected chi connectivity index (χ0v) is 7.04. The van der Waals surface area contributed by atoms with Crippen LogP contribution in [-0.2, 0) is 0 Å². The summed E-state index contributed by atoms with van der Waals surface area (Å²) in [5, 5.41) is 8.61. The lowest BCUT2D eigenvalue weighted by Gasteiger charge is -1.91. The highest BCUT2D eigenvalue weighted by molar-refractivity contribution is 5.85. The van der Waals surface area contributed by atoms with E-state index in [0.29, 0.717) is 5.56 Å². The number of aromatic carboxylic acids is 1. The van der Waals surface area contributed by atoms with Crippen molar-refractivity contribution >= 4 is 5.97 Å². The number of carboxylic acid groups (broad SMARTS) is 1. The van der Waals surface area contributed by atoms with Crippen LogP contribution in [-0.4, -0.2) is 21.0 Å². The van der Waals surface area contributed by atoms with Crippen LogP contribution in [0.5, 0.6) is 0 Å². The van der Waals surface area contributed by atoms with Gasteiger partial charge in [0, 0.05) is 18.0 Å². The molecule has 0 aromatic carbocycles. The molecule has 2 heterocycles. The number of aromatic nitrogens is 2. The molecule has 0 atom stereocenters. The van der Waals surface area contributed by atoms with E-state index in [1.54, 1.807) is 24.5 Å². The summed E-state index contributed by atoms with van der Waals surface area (Å²) in [5.74, 6) is -0.821. The van der Waals surface area contributed by atoms with E-state index in [9.17, 15) is 4.79 Å². The number of oxazole rings is 1. The van der Waals surface area contributed by atoms with Gasteiger partial charge in [0.1, 0.15) is 6.26 Å². The zero-order chi connectivity index (χ0) is 9.97. The standard InChI is InChI=1S/C9H6N2O3/c12-9(13)7-5-14-8(11-7)6-1-3-10-4-2-6/h1-5H,(H,12,13). The van der Waals surface area contributed by atoms with Gasteiger partial charge in [-0.2, -0.15) is 0 Å². The Labute approximate surface area is 79.0 Å². The Bertz CT molecular complexity index is 450. The van der Waals surface area contributed by atoms with Gasteiger partial charge in [-0.1, -0.05) is 0 Å². The molecule has 0 saturated heterocycles. The molecule has 14 heavy (non-hydrogen) atoms. The molecule has 0 aliphatic carbocycles. The van der Waals surface area contributed by atoms with Gasteiger partial charge in [0.2, 0.25) is 5.89 Å². The molecule has 0 saturated carbocycles. The maximum atomic E-state index is 10.5. The van der Waals surface area contributed by atoms with Crippen LogP contribution in [0.15, 0.2) is 35.2 Å². The van der Waals surface area contributed by atoms with E-state index in [0.717, 1.165) is 6.26 Å². The van der Waals surface area contributed by atoms with Crippen LogP contribution in [0.1, 0.15) is 10.5 Å². The lowest BCUT2D eigenvalue weighted by molar-refractivity contribution is 0.0690. The Kier molecular flexibility index (Phi) is 1.98. The topological polar surface area (TPSA) is 76.2 Å². The number of hydrogen-bond donors (Lipinski definition) is 1. The monoisotopic (exact) mass is 190 g/mol. The maximum Gasteiger partial charge on any atom is 0.357 e. The highest BCUT2D eigenvalue weighted by Gasteiger charge is 2.11. The second-order valence-corrected chi connectivity index (χ2v) is 2.58. The Morgan fingerprint density at radius 3 is 2.64 bits per heavy atom. The quantitative estimate of drug-likeness (QED) is 0.775. The van der Waals surface area contributed by atoms with Crippen molar-refractivity contribution in [1.29, 1.82) is 0 Å². The molecule has 0 unspecified atom stereocenters. The van der Waals surface area contributed by atoms with Gasteiger partial charge in [-0.15, -0.1) is 0 Å². The summed E-state index contributed by atoms with van der Waals surface area (Å²) < 4.78 is 4.99. The smallest absolute Gasteiger partial charge is 0.357 e. The van der Waals surface area contributed by atoms with Gasteiger partial charge in [0.25, 0.3) is 0 Å². The highest BCUT2D eigenvalue weighted by atomic mass is 16.4. The van der Waals surface area contributed by atoms with E-state index in [2.05, 4.69) is 9.97 Å². The fourth-order valence-electron chi connectivity index (χ4n) is 0.999. The van der Waals surface area contributed by atoms with Crippen molar-refractivity contribution < 1.29 is 14.3 Å². The first-order valence-corrected chi connectivity index (χ1v) is 3.86. The summed E-state index contributed by atoms with van der Waals surface area (Å²) in [6.45, 7) is 0. The van der Waals surface area contributed by atoms with Crippen LogP contribution in [0.2, 0.25) is 0 Å². The first kappa shape index (κ1) is 8.43. The predicted molar refractivity (Wildman–Crippen MR) is 46.7 cm³/mol. The molecule has 5 heteroatoms. The van der Waals surface area contributed by atoms with E-state index in [4.69, 9.17) is 9.52 Å². The summed E-state index contributed by atoms with van der Waals surface area (Å²) in [4.78, 5) is 18.1. The third-order valence-electron chi connectivity index (χ3n) is 1.65. The number of rotatable bonds is 2. The molecule has 0 spiro atoms. The van der Waals surface area contributed by atoms with Gasteiger partial charge in [-0.25, -0.2) is 9.78 Å². The largest absolute Gasteiger partial charge is 0.476 e. The minimum absolute atomic E-state index is 0.100. The number of nitrogens with zero attached hydrogens (tertiary/aromatic N) is 2. The van der Waals surface area contributed by atoms with E-state index >= 15 is 0 Å². The van der Waals surface area contributed by atoms with E-state index in [1.807, 2.05) is 0 Å². The van der Waals surface area contributed by atoms with E-state index < -0.39 is 5.97 Å². The third-order valence-corrected chi connectivity index (χ3v) is 1.65. The molecule has 0 amide bonds. The molecule has 0 aliphatic rings. The lowest BCUT2D eigenvalue weighted by atomic mass is 10.3. The van der Waals surface area contributed by atoms with Gasteiger partial charge in [0.05, 0.1) is 0 Å². The van der Waals surface area contributed by atoms with Crippen molar-refractivity contribution in [2.75, 3.05) is 0 Å². The molecule has 1 N–H and O–H groups in total. The Morgan fingerprint density at radius 1 is 1.36 bits per heavy atom. The molecule has 0 radical (unpaired) electrons. The van der Waals surface area contributed by atoms with Gasteiger partial charge in [0.15, 0.2) is 5.69 Å². The molecule has 70 valence electrons. The van der Waals surface area contributed by atoms with Gasteiger partial charge >= 0.3 is 5.97 Å². The van der Waals surface area contributed by atoms with Crippen LogP contribution >= 0.6 is 0 Å². The molecule has 2 aromatic rings. The summed E-state index contributed by atoms with van der Waals surface area (Å²) in [7, 11) is 0. The molecule has 5 nitrogen and oxygen atoms in total. The first-order chi connectivity index (χ1) is 6.77. The fourth-order valence-corrected chi connectivity index (χ4v) is 0.999. The number of carboxylic acids is 1. The van der Waals surface area contributed by atoms with Crippen LogP contribution in [0.4, 0.5) is 0 Å². The SMILES string of the molecule is O=C(O)c1coc(-c2ccncc2)n1.